The van der Waals surface area contributed by atoms with Crippen LogP contribution in [0.15, 0.2) is 36.5 Å². The summed E-state index contributed by atoms with van der Waals surface area (Å²) in [5.74, 6) is 1.43. The molecule has 2 N–H and O–H groups in total. The van der Waals surface area contributed by atoms with Gasteiger partial charge in [0.25, 0.3) is 0 Å². The Bertz CT molecular complexity index is 494. The highest BCUT2D eigenvalue weighted by atomic mass is 16.5. The van der Waals surface area contributed by atoms with Crippen molar-refractivity contribution >= 4 is 5.69 Å². The van der Waals surface area contributed by atoms with Crippen molar-refractivity contribution < 1.29 is 4.74 Å². The van der Waals surface area contributed by atoms with Crippen molar-refractivity contribution in [2.24, 2.45) is 5.92 Å². The van der Waals surface area contributed by atoms with Crippen LogP contribution in [-0.2, 0) is 0 Å². The van der Waals surface area contributed by atoms with Crippen molar-refractivity contribution in [3.8, 4) is 5.75 Å². The molecule has 2 aromatic rings. The lowest BCUT2D eigenvalue weighted by Crippen LogP contribution is -2.08. The molecular formula is C15H21N3O. The summed E-state index contributed by atoms with van der Waals surface area (Å²) in [7, 11) is 0. The third-order valence-electron chi connectivity index (χ3n) is 2.79. The van der Waals surface area contributed by atoms with Crippen molar-refractivity contribution in [2.45, 2.75) is 26.8 Å². The van der Waals surface area contributed by atoms with Crippen molar-refractivity contribution in [3.05, 3.63) is 42.2 Å². The number of ether oxygens (including phenoxy) is 1. The second kappa shape index (κ2) is 6.27. The van der Waals surface area contributed by atoms with Gasteiger partial charge in [0.05, 0.1) is 18.3 Å². The molecule has 0 bridgehead atoms. The molecule has 0 saturated carbocycles. The third-order valence-corrected chi connectivity index (χ3v) is 2.79. The zero-order valence-electron chi connectivity index (χ0n) is 11.7. The van der Waals surface area contributed by atoms with E-state index in [0.29, 0.717) is 5.92 Å². The average Bonchev–Trinajstić information content (AvgIpc) is 2.91. The highest BCUT2D eigenvalue weighted by Gasteiger charge is 2.07. The second-order valence-electron chi connectivity index (χ2n) is 5.11. The fourth-order valence-corrected chi connectivity index (χ4v) is 1.77. The number of anilines is 1. The quantitative estimate of drug-likeness (QED) is 0.833. The molecule has 19 heavy (non-hydrogen) atoms. The van der Waals surface area contributed by atoms with Gasteiger partial charge in [-0.25, -0.2) is 0 Å². The lowest BCUT2D eigenvalue weighted by Gasteiger charge is -2.15. The minimum Gasteiger partial charge on any atom is -0.493 e. The van der Waals surface area contributed by atoms with Gasteiger partial charge in [0, 0.05) is 18.0 Å². The lowest BCUT2D eigenvalue weighted by molar-refractivity contribution is 0.271. The normalized spacial score (nSPS) is 12.4. The van der Waals surface area contributed by atoms with E-state index in [2.05, 4.69) is 36.3 Å². The second-order valence-corrected chi connectivity index (χ2v) is 5.11. The lowest BCUT2D eigenvalue weighted by atomic mass is 10.2. The van der Waals surface area contributed by atoms with Crippen LogP contribution in [0, 0.1) is 5.92 Å². The first-order valence-electron chi connectivity index (χ1n) is 6.64. The summed E-state index contributed by atoms with van der Waals surface area (Å²) in [4.78, 5) is 0. The van der Waals surface area contributed by atoms with E-state index >= 15 is 0 Å². The summed E-state index contributed by atoms with van der Waals surface area (Å²) in [5.41, 5.74) is 2.11. The van der Waals surface area contributed by atoms with Gasteiger partial charge < -0.3 is 10.1 Å². The summed E-state index contributed by atoms with van der Waals surface area (Å²) >= 11 is 0. The van der Waals surface area contributed by atoms with Gasteiger partial charge in [-0.3, -0.25) is 5.10 Å². The van der Waals surface area contributed by atoms with Crippen molar-refractivity contribution in [3.63, 3.8) is 0 Å². The number of aromatic amines is 1. The molecule has 0 fully saturated rings. The molecule has 1 aromatic carbocycles. The Labute approximate surface area is 114 Å². The number of hydrogen-bond donors (Lipinski definition) is 2. The number of nitrogens with one attached hydrogen (secondary N) is 2. The van der Waals surface area contributed by atoms with Gasteiger partial charge in [0.1, 0.15) is 5.75 Å². The first-order valence-corrected chi connectivity index (χ1v) is 6.64. The summed E-state index contributed by atoms with van der Waals surface area (Å²) in [5, 5.41) is 10.4. The van der Waals surface area contributed by atoms with Crippen molar-refractivity contribution in [1.29, 1.82) is 0 Å². The van der Waals surface area contributed by atoms with Gasteiger partial charge in [-0.15, -0.1) is 0 Å². The Balaban J connectivity index is 1.98. The topological polar surface area (TPSA) is 49.9 Å². The van der Waals surface area contributed by atoms with Gasteiger partial charge in [0.15, 0.2) is 0 Å². The SMILES string of the molecule is CC(C)COc1cccc(NC(C)c2ccn[nH]2)c1. The van der Waals surface area contributed by atoms with E-state index in [1.165, 1.54) is 0 Å². The maximum Gasteiger partial charge on any atom is 0.121 e. The van der Waals surface area contributed by atoms with Gasteiger partial charge >= 0.3 is 0 Å². The minimum atomic E-state index is 0.183. The van der Waals surface area contributed by atoms with Crippen molar-refractivity contribution in [2.75, 3.05) is 11.9 Å². The Morgan fingerprint density at radius 2 is 2.11 bits per heavy atom. The molecule has 0 aliphatic heterocycles. The van der Waals surface area contributed by atoms with Crippen LogP contribution < -0.4 is 10.1 Å². The van der Waals surface area contributed by atoms with Crippen LogP contribution in [0.2, 0.25) is 0 Å². The van der Waals surface area contributed by atoms with Crippen LogP contribution in [0.3, 0.4) is 0 Å². The fraction of sp³-hybridized carbons (Fsp3) is 0.400. The summed E-state index contributed by atoms with van der Waals surface area (Å²) < 4.78 is 5.72. The molecule has 4 nitrogen and oxygen atoms in total. The van der Waals surface area contributed by atoms with Crippen LogP contribution in [0.25, 0.3) is 0 Å². The van der Waals surface area contributed by atoms with E-state index in [9.17, 15) is 0 Å². The molecule has 1 atom stereocenters. The third kappa shape index (κ3) is 4.02. The number of benzene rings is 1. The first kappa shape index (κ1) is 13.5. The molecule has 0 aliphatic carbocycles. The Kier molecular flexibility index (Phi) is 4.44. The molecule has 0 aliphatic rings. The van der Waals surface area contributed by atoms with Gasteiger partial charge in [-0.05, 0) is 31.0 Å². The van der Waals surface area contributed by atoms with E-state index in [0.717, 1.165) is 23.7 Å². The van der Waals surface area contributed by atoms with E-state index < -0.39 is 0 Å². The largest absolute Gasteiger partial charge is 0.493 e. The van der Waals surface area contributed by atoms with Gasteiger partial charge in [-0.1, -0.05) is 19.9 Å². The molecule has 4 heteroatoms. The highest BCUT2D eigenvalue weighted by molar-refractivity contribution is 5.49. The fourth-order valence-electron chi connectivity index (χ4n) is 1.77. The van der Waals surface area contributed by atoms with Crippen LogP contribution in [0.1, 0.15) is 32.5 Å². The molecule has 0 spiro atoms. The standard InChI is InChI=1S/C15H21N3O/c1-11(2)10-19-14-6-4-5-13(9-14)17-12(3)15-7-8-16-18-15/h4-9,11-12,17H,10H2,1-3H3,(H,16,18). The average molecular weight is 259 g/mol. The van der Waals surface area contributed by atoms with E-state index in [-0.39, 0.29) is 6.04 Å². The number of hydrogen-bond acceptors (Lipinski definition) is 3. The van der Waals surface area contributed by atoms with E-state index in [1.54, 1.807) is 6.20 Å². The van der Waals surface area contributed by atoms with E-state index in [1.807, 2.05) is 30.3 Å². The summed E-state index contributed by atoms with van der Waals surface area (Å²) in [6.45, 7) is 7.11. The Hall–Kier alpha value is -1.97. The molecular weight excluding hydrogens is 238 g/mol. The van der Waals surface area contributed by atoms with Crippen LogP contribution in [0.5, 0.6) is 5.75 Å². The monoisotopic (exact) mass is 259 g/mol. The number of aromatic nitrogens is 2. The molecule has 0 saturated heterocycles. The Morgan fingerprint density at radius 3 is 2.79 bits per heavy atom. The minimum absolute atomic E-state index is 0.183. The number of H-pyrrole nitrogens is 1. The number of rotatable bonds is 6. The molecule has 0 radical (unpaired) electrons. The maximum atomic E-state index is 5.72. The summed E-state index contributed by atoms with van der Waals surface area (Å²) in [6.07, 6.45) is 1.76. The molecule has 102 valence electrons. The van der Waals surface area contributed by atoms with Crippen LogP contribution in [0.4, 0.5) is 5.69 Å². The summed E-state index contributed by atoms with van der Waals surface area (Å²) in [6, 6.07) is 10.2. The molecule has 2 rings (SSSR count). The maximum absolute atomic E-state index is 5.72. The van der Waals surface area contributed by atoms with Gasteiger partial charge in [0.2, 0.25) is 0 Å². The Morgan fingerprint density at radius 1 is 1.26 bits per heavy atom. The molecule has 1 aromatic heterocycles. The highest BCUT2D eigenvalue weighted by Crippen LogP contribution is 2.22. The zero-order valence-corrected chi connectivity index (χ0v) is 11.7. The van der Waals surface area contributed by atoms with Crippen molar-refractivity contribution in [1.82, 2.24) is 10.2 Å². The molecule has 1 heterocycles. The molecule has 0 amide bonds. The van der Waals surface area contributed by atoms with Crippen LogP contribution >= 0.6 is 0 Å². The first-order chi connectivity index (χ1) is 9.15. The predicted molar refractivity (Wildman–Crippen MR) is 77.4 cm³/mol. The predicted octanol–water partition coefficient (Wildman–Crippen LogP) is 3.62. The van der Waals surface area contributed by atoms with E-state index in [4.69, 9.17) is 4.74 Å². The smallest absolute Gasteiger partial charge is 0.121 e. The zero-order chi connectivity index (χ0) is 13.7. The van der Waals surface area contributed by atoms with Crippen LogP contribution in [-0.4, -0.2) is 16.8 Å². The molecule has 1 unspecified atom stereocenters. The number of nitrogens with zero attached hydrogens (tertiary/aromatic N) is 1. The van der Waals surface area contributed by atoms with Gasteiger partial charge in [-0.2, -0.15) is 5.10 Å².